The first-order chi connectivity index (χ1) is 11.8. The molecule has 1 amide bonds. The van der Waals surface area contributed by atoms with Crippen LogP contribution in [0.25, 0.3) is 0 Å². The quantitative estimate of drug-likeness (QED) is 0.732. The van der Waals surface area contributed by atoms with Crippen molar-refractivity contribution in [1.29, 1.82) is 0 Å². The van der Waals surface area contributed by atoms with Gasteiger partial charge in [0.05, 0.1) is 18.3 Å². The number of hydrogen-bond acceptors (Lipinski definition) is 3. The smallest absolute Gasteiger partial charge is 0.238 e. The second-order valence-electron chi connectivity index (χ2n) is 5.39. The zero-order valence-electron chi connectivity index (χ0n) is 13.2. The number of para-hydroxylation sites is 1. The molecule has 0 aliphatic rings. The van der Waals surface area contributed by atoms with Crippen molar-refractivity contribution in [2.24, 2.45) is 0 Å². The number of carbonyl (C=O) groups is 1. The van der Waals surface area contributed by atoms with E-state index in [4.69, 9.17) is 0 Å². The summed E-state index contributed by atoms with van der Waals surface area (Å²) in [5.74, 6) is -0.0851. The van der Waals surface area contributed by atoms with Crippen molar-refractivity contribution in [3.63, 3.8) is 0 Å². The Kier molecular flexibility index (Phi) is 5.32. The minimum Gasteiger partial charge on any atom is -0.325 e. The number of hydrogen-bond donors (Lipinski definition) is 2. The highest BCUT2D eigenvalue weighted by molar-refractivity contribution is 5.92. The van der Waals surface area contributed by atoms with Crippen molar-refractivity contribution < 1.29 is 4.79 Å². The predicted molar refractivity (Wildman–Crippen MR) is 95.6 cm³/mol. The summed E-state index contributed by atoms with van der Waals surface area (Å²) in [6.07, 6.45) is 1.76. The van der Waals surface area contributed by atoms with Gasteiger partial charge in [-0.05, 0) is 29.8 Å². The minimum atomic E-state index is -0.131. The van der Waals surface area contributed by atoms with E-state index in [-0.39, 0.29) is 18.5 Å². The van der Waals surface area contributed by atoms with Gasteiger partial charge in [0.15, 0.2) is 0 Å². The molecule has 1 aromatic heterocycles. The SMILES string of the molecule is O=C(CNC(c1ccccc1)c1ccccn1)Nc1ccccc1. The first-order valence-electron chi connectivity index (χ1n) is 7.87. The second kappa shape index (κ2) is 8.04. The number of nitrogens with zero attached hydrogens (tertiary/aromatic N) is 1. The Morgan fingerprint density at radius 3 is 2.21 bits per heavy atom. The zero-order valence-corrected chi connectivity index (χ0v) is 13.2. The standard InChI is InChI=1S/C20H19N3O/c24-19(23-17-11-5-2-6-12-17)15-22-20(16-9-3-1-4-10-16)18-13-7-8-14-21-18/h1-14,20,22H,15H2,(H,23,24). The topological polar surface area (TPSA) is 54.0 Å². The molecule has 120 valence electrons. The van der Waals surface area contributed by atoms with E-state index in [9.17, 15) is 4.79 Å². The maximum atomic E-state index is 12.2. The van der Waals surface area contributed by atoms with E-state index < -0.39 is 0 Å². The summed E-state index contributed by atoms with van der Waals surface area (Å²) >= 11 is 0. The summed E-state index contributed by atoms with van der Waals surface area (Å²) in [6.45, 7) is 0.199. The molecule has 2 aromatic carbocycles. The van der Waals surface area contributed by atoms with Crippen molar-refractivity contribution in [2.75, 3.05) is 11.9 Å². The van der Waals surface area contributed by atoms with Crippen LogP contribution in [0, 0.1) is 0 Å². The molecule has 0 spiro atoms. The molecular weight excluding hydrogens is 298 g/mol. The third-order valence-corrected chi connectivity index (χ3v) is 3.64. The van der Waals surface area contributed by atoms with Crippen LogP contribution in [-0.4, -0.2) is 17.4 Å². The van der Waals surface area contributed by atoms with E-state index in [1.807, 2.05) is 78.9 Å². The van der Waals surface area contributed by atoms with Gasteiger partial charge in [-0.2, -0.15) is 0 Å². The highest BCUT2D eigenvalue weighted by Crippen LogP contribution is 2.19. The molecule has 0 saturated carbocycles. The summed E-state index contributed by atoms with van der Waals surface area (Å²) in [5.41, 5.74) is 2.75. The second-order valence-corrected chi connectivity index (χ2v) is 5.39. The molecule has 1 heterocycles. The van der Waals surface area contributed by atoms with Crippen LogP contribution in [0.4, 0.5) is 5.69 Å². The van der Waals surface area contributed by atoms with Crippen molar-refractivity contribution in [2.45, 2.75) is 6.04 Å². The fraction of sp³-hybridized carbons (Fsp3) is 0.100. The summed E-state index contributed by atoms with van der Waals surface area (Å²) < 4.78 is 0. The van der Waals surface area contributed by atoms with Gasteiger partial charge in [0.1, 0.15) is 0 Å². The Bertz CT molecular complexity index is 721. The number of anilines is 1. The van der Waals surface area contributed by atoms with Crippen molar-refractivity contribution in [3.8, 4) is 0 Å². The third kappa shape index (κ3) is 4.27. The maximum absolute atomic E-state index is 12.2. The normalized spacial score (nSPS) is 11.7. The maximum Gasteiger partial charge on any atom is 0.238 e. The number of aromatic nitrogens is 1. The van der Waals surface area contributed by atoms with Crippen LogP contribution in [0.15, 0.2) is 85.1 Å². The molecule has 4 heteroatoms. The first-order valence-corrected chi connectivity index (χ1v) is 7.87. The molecule has 3 rings (SSSR count). The van der Waals surface area contributed by atoms with Gasteiger partial charge in [0.25, 0.3) is 0 Å². The highest BCUT2D eigenvalue weighted by atomic mass is 16.1. The van der Waals surface area contributed by atoms with Gasteiger partial charge in [-0.15, -0.1) is 0 Å². The molecule has 0 aliphatic heterocycles. The van der Waals surface area contributed by atoms with Gasteiger partial charge in [-0.1, -0.05) is 54.6 Å². The molecule has 1 atom stereocenters. The van der Waals surface area contributed by atoms with Gasteiger partial charge in [-0.3, -0.25) is 15.1 Å². The Hall–Kier alpha value is -2.98. The molecule has 0 saturated heterocycles. The lowest BCUT2D eigenvalue weighted by Crippen LogP contribution is -2.32. The fourth-order valence-corrected chi connectivity index (χ4v) is 2.51. The number of amides is 1. The van der Waals surface area contributed by atoms with E-state index in [2.05, 4.69) is 15.6 Å². The van der Waals surface area contributed by atoms with Crippen LogP contribution >= 0.6 is 0 Å². The van der Waals surface area contributed by atoms with E-state index in [0.717, 1.165) is 16.9 Å². The van der Waals surface area contributed by atoms with Crippen LogP contribution in [-0.2, 0) is 4.79 Å². The van der Waals surface area contributed by atoms with Crippen molar-refractivity contribution in [3.05, 3.63) is 96.3 Å². The molecule has 0 aliphatic carbocycles. The van der Waals surface area contributed by atoms with Gasteiger partial charge >= 0.3 is 0 Å². The number of carbonyl (C=O) groups excluding carboxylic acids is 1. The fourth-order valence-electron chi connectivity index (χ4n) is 2.51. The summed E-state index contributed by atoms with van der Waals surface area (Å²) in [6, 6.07) is 25.1. The third-order valence-electron chi connectivity index (χ3n) is 3.64. The largest absolute Gasteiger partial charge is 0.325 e. The first kappa shape index (κ1) is 15.9. The molecular formula is C20H19N3O. The van der Waals surface area contributed by atoms with E-state index in [0.29, 0.717) is 0 Å². The van der Waals surface area contributed by atoms with E-state index in [1.54, 1.807) is 6.20 Å². The van der Waals surface area contributed by atoms with E-state index >= 15 is 0 Å². The number of pyridine rings is 1. The lowest BCUT2D eigenvalue weighted by atomic mass is 10.0. The molecule has 0 radical (unpaired) electrons. The van der Waals surface area contributed by atoms with Gasteiger partial charge in [-0.25, -0.2) is 0 Å². The zero-order chi connectivity index (χ0) is 16.6. The predicted octanol–water partition coefficient (Wildman–Crippen LogP) is 3.40. The molecule has 3 aromatic rings. The number of nitrogens with one attached hydrogen (secondary N) is 2. The Morgan fingerprint density at radius 1 is 0.875 bits per heavy atom. The van der Waals surface area contributed by atoms with Crippen molar-refractivity contribution >= 4 is 11.6 Å². The van der Waals surface area contributed by atoms with Crippen molar-refractivity contribution in [1.82, 2.24) is 10.3 Å². The Balaban J connectivity index is 1.70. The van der Waals surface area contributed by atoms with Crippen LogP contribution in [0.5, 0.6) is 0 Å². The average molecular weight is 317 g/mol. The lowest BCUT2D eigenvalue weighted by molar-refractivity contribution is -0.115. The van der Waals surface area contributed by atoms with Crippen LogP contribution < -0.4 is 10.6 Å². The van der Waals surface area contributed by atoms with Gasteiger partial charge in [0.2, 0.25) is 5.91 Å². The number of benzene rings is 2. The highest BCUT2D eigenvalue weighted by Gasteiger charge is 2.15. The van der Waals surface area contributed by atoms with Gasteiger partial charge in [0, 0.05) is 11.9 Å². The average Bonchev–Trinajstić information content (AvgIpc) is 2.64. The molecule has 24 heavy (non-hydrogen) atoms. The molecule has 0 fully saturated rings. The molecule has 0 bridgehead atoms. The van der Waals surface area contributed by atoms with Gasteiger partial charge < -0.3 is 5.32 Å². The monoisotopic (exact) mass is 317 g/mol. The van der Waals surface area contributed by atoms with Crippen LogP contribution in [0.2, 0.25) is 0 Å². The van der Waals surface area contributed by atoms with Crippen LogP contribution in [0.3, 0.4) is 0 Å². The summed E-state index contributed by atoms with van der Waals surface area (Å²) in [7, 11) is 0. The minimum absolute atomic E-state index is 0.0851. The molecule has 1 unspecified atom stereocenters. The molecule has 2 N–H and O–H groups in total. The number of rotatable bonds is 6. The summed E-state index contributed by atoms with van der Waals surface area (Å²) in [4.78, 5) is 16.6. The van der Waals surface area contributed by atoms with Crippen LogP contribution in [0.1, 0.15) is 17.3 Å². The Labute approximate surface area is 141 Å². The van der Waals surface area contributed by atoms with E-state index in [1.165, 1.54) is 0 Å². The summed E-state index contributed by atoms with van der Waals surface area (Å²) in [5, 5.41) is 6.18. The Morgan fingerprint density at radius 2 is 1.54 bits per heavy atom. The lowest BCUT2D eigenvalue weighted by Gasteiger charge is -2.18. The molecule has 4 nitrogen and oxygen atoms in total.